The molecule has 4 heteroatoms. The van der Waals surface area contributed by atoms with Gasteiger partial charge in [-0.05, 0) is 38.6 Å². The molecule has 0 spiro atoms. The summed E-state index contributed by atoms with van der Waals surface area (Å²) in [6.07, 6.45) is 2.71. The molecule has 14 heavy (non-hydrogen) atoms. The Hall–Kier alpha value is -0.610. The molecule has 2 atom stereocenters. The highest BCUT2D eigenvalue weighted by atomic mass is 16.5. The van der Waals surface area contributed by atoms with Gasteiger partial charge in [0.05, 0.1) is 0 Å². The van der Waals surface area contributed by atoms with Gasteiger partial charge in [0.25, 0.3) is 0 Å². The average Bonchev–Trinajstić information content (AvgIpc) is 2.15. The van der Waals surface area contributed by atoms with Gasteiger partial charge in [-0.25, -0.2) is 0 Å². The van der Waals surface area contributed by atoms with Gasteiger partial charge in [0.1, 0.15) is 5.54 Å². The lowest BCUT2D eigenvalue weighted by molar-refractivity contribution is -0.145. The second-order valence-corrected chi connectivity index (χ2v) is 4.20. The number of carboxylic acids is 1. The van der Waals surface area contributed by atoms with E-state index < -0.39 is 11.5 Å². The number of nitrogens with one attached hydrogen (secondary N) is 1. The molecule has 4 nitrogen and oxygen atoms in total. The summed E-state index contributed by atoms with van der Waals surface area (Å²) in [5, 5.41) is 12.1. The van der Waals surface area contributed by atoms with Crippen LogP contribution in [0.25, 0.3) is 0 Å². The van der Waals surface area contributed by atoms with Gasteiger partial charge in [-0.2, -0.15) is 0 Å². The number of carboxylic acid groups (broad SMARTS) is 1. The lowest BCUT2D eigenvalue weighted by Gasteiger charge is -2.35. The van der Waals surface area contributed by atoms with Crippen LogP contribution in [0.5, 0.6) is 0 Å². The largest absolute Gasteiger partial charge is 0.480 e. The number of rotatable bonds is 4. The second kappa shape index (κ2) is 4.75. The van der Waals surface area contributed by atoms with Gasteiger partial charge in [-0.15, -0.1) is 0 Å². The quantitative estimate of drug-likeness (QED) is 0.708. The van der Waals surface area contributed by atoms with E-state index in [1.165, 1.54) is 0 Å². The van der Waals surface area contributed by atoms with E-state index in [-0.39, 0.29) is 0 Å². The van der Waals surface area contributed by atoms with Crippen LogP contribution in [0.1, 0.15) is 26.2 Å². The van der Waals surface area contributed by atoms with E-state index in [4.69, 9.17) is 9.84 Å². The molecule has 0 radical (unpaired) electrons. The first-order chi connectivity index (χ1) is 6.58. The van der Waals surface area contributed by atoms with Gasteiger partial charge < -0.3 is 15.2 Å². The Kier molecular flexibility index (Phi) is 3.89. The van der Waals surface area contributed by atoms with E-state index in [2.05, 4.69) is 5.32 Å². The molecule has 0 aromatic rings. The Balaban J connectivity index is 2.46. The summed E-state index contributed by atoms with van der Waals surface area (Å²) in [6.45, 7) is 3.27. The van der Waals surface area contributed by atoms with Crippen molar-refractivity contribution in [3.8, 4) is 0 Å². The average molecular weight is 201 g/mol. The van der Waals surface area contributed by atoms with Crippen LogP contribution >= 0.6 is 0 Å². The molecule has 0 saturated carbocycles. The van der Waals surface area contributed by atoms with Gasteiger partial charge in [0.2, 0.25) is 0 Å². The van der Waals surface area contributed by atoms with Crippen LogP contribution < -0.4 is 5.32 Å². The summed E-state index contributed by atoms with van der Waals surface area (Å²) in [5.41, 5.74) is -0.739. The van der Waals surface area contributed by atoms with Crippen LogP contribution in [-0.4, -0.2) is 36.9 Å². The van der Waals surface area contributed by atoms with Crippen LogP contribution in [0.2, 0.25) is 0 Å². The third kappa shape index (κ3) is 2.69. The van der Waals surface area contributed by atoms with Crippen molar-refractivity contribution in [2.75, 3.05) is 20.3 Å². The molecule has 0 bridgehead atoms. The van der Waals surface area contributed by atoms with Crippen molar-refractivity contribution in [1.29, 1.82) is 0 Å². The molecular formula is C10H19NO3. The van der Waals surface area contributed by atoms with Gasteiger partial charge in [0.15, 0.2) is 0 Å². The third-order valence-electron chi connectivity index (χ3n) is 2.97. The fourth-order valence-corrected chi connectivity index (χ4v) is 2.00. The highest BCUT2D eigenvalue weighted by Gasteiger charge is 2.37. The molecule has 0 amide bonds. The van der Waals surface area contributed by atoms with Crippen LogP contribution in [-0.2, 0) is 9.53 Å². The maximum Gasteiger partial charge on any atom is 0.323 e. The fourth-order valence-electron chi connectivity index (χ4n) is 2.00. The smallest absolute Gasteiger partial charge is 0.323 e. The van der Waals surface area contributed by atoms with Crippen molar-refractivity contribution in [3.63, 3.8) is 0 Å². The Morgan fingerprint density at radius 1 is 1.71 bits per heavy atom. The molecule has 0 aromatic heterocycles. The molecule has 1 aliphatic heterocycles. The Morgan fingerprint density at radius 2 is 2.43 bits per heavy atom. The number of piperidine rings is 1. The maximum atomic E-state index is 11.0. The number of ether oxygens (including phenoxy) is 1. The molecule has 2 unspecified atom stereocenters. The zero-order valence-corrected chi connectivity index (χ0v) is 8.88. The topological polar surface area (TPSA) is 58.6 Å². The van der Waals surface area contributed by atoms with Crippen LogP contribution in [0.4, 0.5) is 0 Å². The van der Waals surface area contributed by atoms with Crippen molar-refractivity contribution in [3.05, 3.63) is 0 Å². The van der Waals surface area contributed by atoms with Gasteiger partial charge in [0, 0.05) is 13.7 Å². The van der Waals surface area contributed by atoms with Crippen molar-refractivity contribution >= 4 is 5.97 Å². The van der Waals surface area contributed by atoms with E-state index in [1.807, 2.05) is 0 Å². The Morgan fingerprint density at radius 3 is 3.00 bits per heavy atom. The van der Waals surface area contributed by atoms with Crippen molar-refractivity contribution < 1.29 is 14.6 Å². The molecule has 1 aliphatic rings. The number of carbonyl (C=O) groups is 1. The van der Waals surface area contributed by atoms with E-state index in [0.29, 0.717) is 12.3 Å². The van der Waals surface area contributed by atoms with E-state index in [1.54, 1.807) is 14.0 Å². The Bertz CT molecular complexity index is 208. The van der Waals surface area contributed by atoms with Crippen molar-refractivity contribution in [1.82, 2.24) is 5.32 Å². The SMILES string of the molecule is COCCC1CCNC(C)(C(=O)O)C1. The summed E-state index contributed by atoms with van der Waals surface area (Å²) < 4.78 is 5.01. The normalized spacial score (nSPS) is 32.9. The molecule has 0 aliphatic carbocycles. The Labute approximate surface area is 84.6 Å². The minimum atomic E-state index is -0.750. The number of methoxy groups -OCH3 is 1. The summed E-state index contributed by atoms with van der Waals surface area (Å²) in [5.74, 6) is -0.281. The van der Waals surface area contributed by atoms with E-state index >= 15 is 0 Å². The molecule has 82 valence electrons. The van der Waals surface area contributed by atoms with Crippen LogP contribution in [0, 0.1) is 5.92 Å². The summed E-state index contributed by atoms with van der Waals surface area (Å²) >= 11 is 0. The van der Waals surface area contributed by atoms with Gasteiger partial charge in [-0.1, -0.05) is 0 Å². The maximum absolute atomic E-state index is 11.0. The molecule has 0 aromatic carbocycles. The zero-order chi connectivity index (χ0) is 10.6. The molecule has 1 heterocycles. The molecular weight excluding hydrogens is 182 g/mol. The van der Waals surface area contributed by atoms with E-state index in [0.717, 1.165) is 26.0 Å². The number of hydrogen-bond donors (Lipinski definition) is 2. The summed E-state index contributed by atoms with van der Waals surface area (Å²) in [4.78, 5) is 11.0. The minimum absolute atomic E-state index is 0.470. The minimum Gasteiger partial charge on any atom is -0.480 e. The number of aliphatic carboxylic acids is 1. The zero-order valence-electron chi connectivity index (χ0n) is 8.88. The summed E-state index contributed by atoms with van der Waals surface area (Å²) in [7, 11) is 1.68. The van der Waals surface area contributed by atoms with Crippen molar-refractivity contribution in [2.24, 2.45) is 5.92 Å². The van der Waals surface area contributed by atoms with Crippen LogP contribution in [0.15, 0.2) is 0 Å². The lowest BCUT2D eigenvalue weighted by Crippen LogP contribution is -2.54. The number of hydrogen-bond acceptors (Lipinski definition) is 3. The monoisotopic (exact) mass is 201 g/mol. The summed E-state index contributed by atoms with van der Waals surface area (Å²) in [6, 6.07) is 0. The van der Waals surface area contributed by atoms with Gasteiger partial charge in [-0.3, -0.25) is 4.79 Å². The fraction of sp³-hybridized carbons (Fsp3) is 0.900. The predicted octanol–water partition coefficient (Wildman–Crippen LogP) is 0.866. The van der Waals surface area contributed by atoms with Gasteiger partial charge >= 0.3 is 5.97 Å². The lowest BCUT2D eigenvalue weighted by atomic mass is 9.82. The highest BCUT2D eigenvalue weighted by molar-refractivity contribution is 5.78. The first-order valence-corrected chi connectivity index (χ1v) is 5.06. The first-order valence-electron chi connectivity index (χ1n) is 5.06. The molecule has 1 rings (SSSR count). The van der Waals surface area contributed by atoms with Crippen LogP contribution in [0.3, 0.4) is 0 Å². The van der Waals surface area contributed by atoms with Crippen molar-refractivity contribution in [2.45, 2.75) is 31.7 Å². The third-order valence-corrected chi connectivity index (χ3v) is 2.97. The van der Waals surface area contributed by atoms with E-state index in [9.17, 15) is 4.79 Å². The molecule has 1 saturated heterocycles. The molecule has 2 N–H and O–H groups in total. The second-order valence-electron chi connectivity index (χ2n) is 4.20. The predicted molar refractivity (Wildman–Crippen MR) is 53.3 cm³/mol. The standard InChI is InChI=1S/C10H19NO3/c1-10(9(12)13)7-8(3-5-11-10)4-6-14-2/h8,11H,3-7H2,1-2H3,(H,12,13). The highest BCUT2D eigenvalue weighted by Crippen LogP contribution is 2.26. The first kappa shape index (κ1) is 11.5. The molecule has 1 fully saturated rings.